The molecule has 1 amide bonds. The quantitative estimate of drug-likeness (QED) is 0.872. The van der Waals surface area contributed by atoms with Crippen LogP contribution < -0.4 is 10.2 Å². The Bertz CT molecular complexity index is 725. The molecule has 2 heterocycles. The highest BCUT2D eigenvalue weighted by molar-refractivity contribution is 6.11. The van der Waals surface area contributed by atoms with Crippen molar-refractivity contribution in [2.24, 2.45) is 0 Å². The highest BCUT2D eigenvalue weighted by Crippen LogP contribution is 2.38. The maximum Gasteiger partial charge on any atom is 0.255 e. The van der Waals surface area contributed by atoms with Crippen molar-refractivity contribution in [2.45, 2.75) is 12.6 Å². The molecular weight excluding hydrogens is 264 g/mol. The van der Waals surface area contributed by atoms with Gasteiger partial charge in [0.25, 0.3) is 5.91 Å². The third-order valence-electron chi connectivity index (χ3n) is 4.14. The van der Waals surface area contributed by atoms with Crippen molar-refractivity contribution >= 4 is 17.4 Å². The molecule has 0 bridgehead atoms. The Hall–Kier alpha value is -2.62. The van der Waals surface area contributed by atoms with Crippen LogP contribution >= 0.6 is 0 Å². The Labute approximate surface area is 122 Å². The van der Waals surface area contributed by atoms with Crippen molar-refractivity contribution in [3.8, 4) is 0 Å². The van der Waals surface area contributed by atoms with E-state index in [2.05, 4.69) is 10.2 Å². The van der Waals surface area contributed by atoms with Crippen LogP contribution in [0.15, 0.2) is 48.5 Å². The zero-order valence-corrected chi connectivity index (χ0v) is 11.4. The van der Waals surface area contributed by atoms with Gasteiger partial charge in [-0.2, -0.15) is 0 Å². The molecule has 4 nitrogen and oxygen atoms in total. The minimum Gasteiger partial charge on any atom is -0.346 e. The predicted octanol–water partition coefficient (Wildman–Crippen LogP) is 2.52. The first-order valence-electron chi connectivity index (χ1n) is 7.04. The summed E-state index contributed by atoms with van der Waals surface area (Å²) >= 11 is 0. The Morgan fingerprint density at radius 2 is 1.71 bits per heavy atom. The Morgan fingerprint density at radius 3 is 2.52 bits per heavy atom. The fourth-order valence-corrected chi connectivity index (χ4v) is 3.17. The fourth-order valence-electron chi connectivity index (χ4n) is 3.17. The summed E-state index contributed by atoms with van der Waals surface area (Å²) in [5.41, 5.74) is 3.06. The second-order valence-corrected chi connectivity index (χ2v) is 5.35. The van der Waals surface area contributed by atoms with Gasteiger partial charge in [-0.15, -0.1) is 0 Å². The van der Waals surface area contributed by atoms with E-state index >= 15 is 0 Å². The molecule has 0 saturated heterocycles. The second kappa shape index (κ2) is 4.45. The largest absolute Gasteiger partial charge is 0.346 e. The number of anilines is 1. The first-order valence-corrected chi connectivity index (χ1v) is 7.04. The molecule has 1 N–H and O–H groups in total. The van der Waals surface area contributed by atoms with Crippen molar-refractivity contribution in [2.75, 3.05) is 11.4 Å². The Morgan fingerprint density at radius 1 is 0.952 bits per heavy atom. The molecule has 4 rings (SSSR count). The topological polar surface area (TPSA) is 49.4 Å². The first-order chi connectivity index (χ1) is 10.3. The van der Waals surface area contributed by atoms with E-state index in [0.717, 1.165) is 11.3 Å². The molecule has 2 aliphatic rings. The molecule has 0 saturated carbocycles. The van der Waals surface area contributed by atoms with Crippen LogP contribution in [0.4, 0.5) is 5.69 Å². The summed E-state index contributed by atoms with van der Waals surface area (Å²) in [7, 11) is 0. The minimum atomic E-state index is -0.208. The molecule has 21 heavy (non-hydrogen) atoms. The van der Waals surface area contributed by atoms with Gasteiger partial charge in [0.05, 0.1) is 11.3 Å². The van der Waals surface area contributed by atoms with Gasteiger partial charge in [0.15, 0.2) is 5.78 Å². The monoisotopic (exact) mass is 278 g/mol. The van der Waals surface area contributed by atoms with E-state index in [-0.39, 0.29) is 17.9 Å². The average Bonchev–Trinajstić information content (AvgIpc) is 2.53. The number of Topliss-reactive ketones (excluding diaryl/α,β-unsaturated/α-hetero) is 1. The van der Waals surface area contributed by atoms with Crippen LogP contribution in [0.1, 0.15) is 38.9 Å². The van der Waals surface area contributed by atoms with Crippen molar-refractivity contribution in [3.05, 3.63) is 65.2 Å². The van der Waals surface area contributed by atoms with Crippen molar-refractivity contribution < 1.29 is 9.59 Å². The molecule has 1 atom stereocenters. The lowest BCUT2D eigenvalue weighted by Crippen LogP contribution is -2.49. The van der Waals surface area contributed by atoms with E-state index in [0.29, 0.717) is 24.1 Å². The van der Waals surface area contributed by atoms with Crippen LogP contribution in [-0.4, -0.2) is 18.2 Å². The zero-order chi connectivity index (χ0) is 14.4. The number of para-hydroxylation sites is 1. The number of hydrogen-bond acceptors (Lipinski definition) is 3. The smallest absolute Gasteiger partial charge is 0.255 e. The lowest BCUT2D eigenvalue weighted by atomic mass is 9.92. The van der Waals surface area contributed by atoms with E-state index < -0.39 is 0 Å². The molecule has 0 spiro atoms. The number of hydrogen-bond donors (Lipinski definition) is 1. The van der Waals surface area contributed by atoms with Crippen LogP contribution in [-0.2, 0) is 0 Å². The SMILES string of the molecule is O=C1CCN2c3c1cccc3C(=O)NC2c1ccccc1. The molecule has 0 aromatic heterocycles. The molecule has 1 unspecified atom stereocenters. The second-order valence-electron chi connectivity index (χ2n) is 5.35. The maximum absolute atomic E-state index is 12.4. The molecule has 4 heteroatoms. The number of carbonyl (C=O) groups is 2. The Kier molecular flexibility index (Phi) is 2.57. The van der Waals surface area contributed by atoms with Gasteiger partial charge in [-0.05, 0) is 17.7 Å². The Balaban J connectivity index is 1.90. The van der Waals surface area contributed by atoms with E-state index in [1.807, 2.05) is 36.4 Å². The molecule has 0 fully saturated rings. The fraction of sp³-hybridized carbons (Fsp3) is 0.176. The van der Waals surface area contributed by atoms with Crippen molar-refractivity contribution in [1.29, 1.82) is 0 Å². The zero-order valence-electron chi connectivity index (χ0n) is 11.4. The molecule has 104 valence electrons. The van der Waals surface area contributed by atoms with Gasteiger partial charge in [-0.1, -0.05) is 36.4 Å². The van der Waals surface area contributed by atoms with E-state index in [1.54, 1.807) is 12.1 Å². The molecular formula is C17H14N2O2. The lowest BCUT2D eigenvalue weighted by Gasteiger charge is -2.42. The third kappa shape index (κ3) is 1.76. The summed E-state index contributed by atoms with van der Waals surface area (Å²) in [6.07, 6.45) is 0.274. The highest BCUT2D eigenvalue weighted by atomic mass is 16.2. The van der Waals surface area contributed by atoms with E-state index in [9.17, 15) is 9.59 Å². The van der Waals surface area contributed by atoms with Crippen LogP contribution in [0, 0.1) is 0 Å². The third-order valence-corrected chi connectivity index (χ3v) is 4.14. The summed E-state index contributed by atoms with van der Waals surface area (Å²) in [6, 6.07) is 15.2. The molecule has 0 radical (unpaired) electrons. The van der Waals surface area contributed by atoms with Gasteiger partial charge in [0.2, 0.25) is 0 Å². The number of carbonyl (C=O) groups excluding carboxylic acids is 2. The average molecular weight is 278 g/mol. The van der Waals surface area contributed by atoms with E-state index in [4.69, 9.17) is 0 Å². The standard InChI is InChI=1S/C17H14N2O2/c20-14-9-10-19-15-12(14)7-4-8-13(15)17(21)18-16(19)11-5-2-1-3-6-11/h1-8,16H,9-10H2,(H,18,21). The summed E-state index contributed by atoms with van der Waals surface area (Å²) in [6.45, 7) is 0.628. The van der Waals surface area contributed by atoms with Crippen molar-refractivity contribution in [1.82, 2.24) is 5.32 Å². The summed E-state index contributed by atoms with van der Waals surface area (Å²) in [5.74, 6) is -0.00346. The first kappa shape index (κ1) is 12.1. The predicted molar refractivity (Wildman–Crippen MR) is 79.4 cm³/mol. The van der Waals surface area contributed by atoms with E-state index in [1.165, 1.54) is 0 Å². The highest BCUT2D eigenvalue weighted by Gasteiger charge is 2.37. The minimum absolute atomic E-state index is 0.115. The lowest BCUT2D eigenvalue weighted by molar-refractivity contribution is 0.0921. The normalized spacial score (nSPS) is 20.0. The summed E-state index contributed by atoms with van der Waals surface area (Å²) < 4.78 is 0. The van der Waals surface area contributed by atoms with Gasteiger partial charge in [0, 0.05) is 18.5 Å². The molecule has 2 aromatic rings. The summed E-state index contributed by atoms with van der Waals surface area (Å²) in [5, 5.41) is 3.04. The van der Waals surface area contributed by atoms with Gasteiger partial charge in [-0.3, -0.25) is 9.59 Å². The van der Waals surface area contributed by atoms with Crippen LogP contribution in [0.5, 0.6) is 0 Å². The van der Waals surface area contributed by atoms with Gasteiger partial charge in [-0.25, -0.2) is 0 Å². The van der Waals surface area contributed by atoms with Crippen LogP contribution in [0.25, 0.3) is 0 Å². The number of nitrogens with one attached hydrogen (secondary N) is 1. The molecule has 2 aliphatic heterocycles. The number of nitrogens with zero attached hydrogens (tertiary/aromatic N) is 1. The maximum atomic E-state index is 12.4. The van der Waals surface area contributed by atoms with Crippen molar-refractivity contribution in [3.63, 3.8) is 0 Å². The van der Waals surface area contributed by atoms with Crippen LogP contribution in [0.3, 0.4) is 0 Å². The van der Waals surface area contributed by atoms with Gasteiger partial charge >= 0.3 is 0 Å². The van der Waals surface area contributed by atoms with Crippen LogP contribution in [0.2, 0.25) is 0 Å². The molecule has 2 aromatic carbocycles. The number of ketones is 1. The van der Waals surface area contributed by atoms with Gasteiger partial charge in [0.1, 0.15) is 6.17 Å². The number of benzene rings is 2. The van der Waals surface area contributed by atoms with Gasteiger partial charge < -0.3 is 10.2 Å². The summed E-state index contributed by atoms with van der Waals surface area (Å²) in [4.78, 5) is 26.6. The number of amides is 1. The molecule has 0 aliphatic carbocycles. The number of rotatable bonds is 1.